The number of hydrogen-bond donors (Lipinski definition) is 0. The van der Waals surface area contributed by atoms with Gasteiger partial charge in [0, 0.05) is 11.8 Å². The highest BCUT2D eigenvalue weighted by atomic mass is 19.3. The number of hydrogen-bond acceptors (Lipinski definition) is 3. The van der Waals surface area contributed by atoms with Gasteiger partial charge in [0.05, 0.1) is 31.8 Å². The molecule has 1 saturated carbocycles. The Bertz CT molecular complexity index is 383. The molecule has 4 atom stereocenters. The molecule has 0 spiro atoms. The first kappa shape index (κ1) is 18.4. The van der Waals surface area contributed by atoms with Gasteiger partial charge in [0.1, 0.15) is 12.3 Å². The Morgan fingerprint density at radius 3 is 1.96 bits per heavy atom. The van der Waals surface area contributed by atoms with E-state index in [0.717, 1.165) is 6.42 Å². The molecular weight excluding hydrogens is 328 g/mol. The molecule has 0 aromatic heterocycles. The predicted octanol–water partition coefficient (Wildman–Crippen LogP) is 3.76. The van der Waals surface area contributed by atoms with Crippen molar-refractivity contribution in [2.45, 2.75) is 63.8 Å². The average Bonchev–Trinajstić information content (AvgIpc) is 2.54. The molecule has 140 valence electrons. The van der Waals surface area contributed by atoms with Crippen LogP contribution in [-0.2, 0) is 14.2 Å². The van der Waals surface area contributed by atoms with Crippen LogP contribution in [0.4, 0.5) is 17.6 Å². The van der Waals surface area contributed by atoms with E-state index in [4.69, 9.17) is 14.2 Å². The fourth-order valence-corrected chi connectivity index (χ4v) is 4.10. The van der Waals surface area contributed by atoms with Gasteiger partial charge in [-0.2, -0.15) is 0 Å². The summed E-state index contributed by atoms with van der Waals surface area (Å²) >= 11 is 0. The molecule has 0 N–H and O–H groups in total. The summed E-state index contributed by atoms with van der Waals surface area (Å²) in [6.45, 7) is 3.80. The maximum Gasteiger partial charge on any atom is 0.247 e. The molecule has 3 rings (SSSR count). The van der Waals surface area contributed by atoms with Crippen LogP contribution in [-0.4, -0.2) is 51.0 Å². The minimum Gasteiger partial charge on any atom is -0.377 e. The predicted molar refractivity (Wildman–Crippen MR) is 79.3 cm³/mol. The summed E-state index contributed by atoms with van der Waals surface area (Å²) in [4.78, 5) is 0. The average molecular weight is 354 g/mol. The maximum atomic E-state index is 13.9. The molecule has 2 heterocycles. The van der Waals surface area contributed by atoms with Gasteiger partial charge in [0.15, 0.2) is 6.29 Å². The molecule has 2 aliphatic heterocycles. The molecule has 0 aromatic carbocycles. The zero-order valence-corrected chi connectivity index (χ0v) is 13.9. The Hall–Kier alpha value is -0.400. The summed E-state index contributed by atoms with van der Waals surface area (Å²) in [5.74, 6) is -1.62. The van der Waals surface area contributed by atoms with E-state index in [-0.39, 0.29) is 37.1 Å². The van der Waals surface area contributed by atoms with Crippen molar-refractivity contribution in [3.05, 3.63) is 0 Å². The van der Waals surface area contributed by atoms with Gasteiger partial charge < -0.3 is 14.2 Å². The largest absolute Gasteiger partial charge is 0.377 e. The van der Waals surface area contributed by atoms with Gasteiger partial charge in [-0.05, 0) is 31.6 Å². The van der Waals surface area contributed by atoms with E-state index in [9.17, 15) is 17.6 Å². The van der Waals surface area contributed by atoms with Crippen LogP contribution in [0.25, 0.3) is 0 Å². The molecule has 0 bridgehead atoms. The van der Waals surface area contributed by atoms with E-state index in [1.165, 1.54) is 0 Å². The summed E-state index contributed by atoms with van der Waals surface area (Å²) in [5, 5.41) is 0. The molecule has 0 radical (unpaired) electrons. The molecule has 3 fully saturated rings. The molecule has 24 heavy (non-hydrogen) atoms. The van der Waals surface area contributed by atoms with Crippen molar-refractivity contribution in [1.29, 1.82) is 0 Å². The van der Waals surface area contributed by atoms with Crippen molar-refractivity contribution in [2.75, 3.05) is 19.8 Å². The monoisotopic (exact) mass is 354 g/mol. The van der Waals surface area contributed by atoms with E-state index in [1.54, 1.807) is 0 Å². The van der Waals surface area contributed by atoms with Gasteiger partial charge in [-0.3, -0.25) is 0 Å². The second-order valence-electron chi connectivity index (χ2n) is 7.52. The second-order valence-corrected chi connectivity index (χ2v) is 7.52. The SMILES string of the molecule is CC1COC(C2CCC(C3CC(F)C(C(F)F)C(F)C3)OC2)OC1. The van der Waals surface area contributed by atoms with E-state index < -0.39 is 24.7 Å². The normalized spacial score (nSPS) is 47.8. The van der Waals surface area contributed by atoms with Gasteiger partial charge in [-0.1, -0.05) is 6.92 Å². The second kappa shape index (κ2) is 7.87. The summed E-state index contributed by atoms with van der Waals surface area (Å²) < 4.78 is 70.5. The van der Waals surface area contributed by atoms with Crippen molar-refractivity contribution < 1.29 is 31.8 Å². The Labute approximate surface area is 140 Å². The van der Waals surface area contributed by atoms with Crippen molar-refractivity contribution in [3.63, 3.8) is 0 Å². The van der Waals surface area contributed by atoms with Gasteiger partial charge in [0.25, 0.3) is 0 Å². The van der Waals surface area contributed by atoms with Crippen molar-refractivity contribution in [1.82, 2.24) is 0 Å². The Kier molecular flexibility index (Phi) is 6.03. The van der Waals surface area contributed by atoms with Gasteiger partial charge in [-0.15, -0.1) is 0 Å². The van der Waals surface area contributed by atoms with Gasteiger partial charge >= 0.3 is 0 Å². The van der Waals surface area contributed by atoms with Crippen molar-refractivity contribution in [2.24, 2.45) is 23.7 Å². The first-order valence-corrected chi connectivity index (χ1v) is 8.86. The summed E-state index contributed by atoms with van der Waals surface area (Å²) in [5.41, 5.74) is 0. The molecule has 3 nitrogen and oxygen atoms in total. The van der Waals surface area contributed by atoms with Crippen LogP contribution in [0.2, 0.25) is 0 Å². The summed E-state index contributed by atoms with van der Waals surface area (Å²) in [6.07, 6.45) is -5.72. The molecular formula is C17H26F4O3. The van der Waals surface area contributed by atoms with Crippen LogP contribution >= 0.6 is 0 Å². The maximum absolute atomic E-state index is 13.9. The smallest absolute Gasteiger partial charge is 0.247 e. The molecule has 0 amide bonds. The van der Waals surface area contributed by atoms with Gasteiger partial charge in [-0.25, -0.2) is 17.6 Å². The van der Waals surface area contributed by atoms with Crippen LogP contribution < -0.4 is 0 Å². The third-order valence-corrected chi connectivity index (χ3v) is 5.53. The van der Waals surface area contributed by atoms with Crippen LogP contribution in [0.5, 0.6) is 0 Å². The zero-order valence-electron chi connectivity index (χ0n) is 13.9. The highest BCUT2D eigenvalue weighted by molar-refractivity contribution is 4.92. The van der Waals surface area contributed by atoms with Crippen molar-refractivity contribution in [3.8, 4) is 0 Å². The minimum absolute atomic E-state index is 0.0430. The van der Waals surface area contributed by atoms with E-state index in [0.29, 0.717) is 32.2 Å². The lowest BCUT2D eigenvalue weighted by molar-refractivity contribution is -0.241. The van der Waals surface area contributed by atoms with Crippen molar-refractivity contribution >= 4 is 0 Å². The fourth-order valence-electron chi connectivity index (χ4n) is 4.10. The topological polar surface area (TPSA) is 27.7 Å². The minimum atomic E-state index is -2.95. The molecule has 3 aliphatic rings. The summed E-state index contributed by atoms with van der Waals surface area (Å²) in [6, 6.07) is 0. The zero-order chi connectivity index (χ0) is 17.3. The fraction of sp³-hybridized carbons (Fsp3) is 1.00. The molecule has 1 aliphatic carbocycles. The van der Waals surface area contributed by atoms with Gasteiger partial charge in [0.2, 0.25) is 6.43 Å². The third-order valence-electron chi connectivity index (χ3n) is 5.53. The Balaban J connectivity index is 1.48. The Morgan fingerprint density at radius 1 is 0.833 bits per heavy atom. The quantitative estimate of drug-likeness (QED) is 0.723. The molecule has 0 aromatic rings. The standard InChI is InChI=1S/C17H26F4O3/c1-9-6-23-17(24-7-9)10-2-3-14(22-8-10)11-4-12(18)15(16(20)21)13(19)5-11/h9-17H,2-8H2,1H3. The molecule has 4 unspecified atom stereocenters. The highest BCUT2D eigenvalue weighted by Crippen LogP contribution is 2.41. The summed E-state index contributed by atoms with van der Waals surface area (Å²) in [7, 11) is 0. The van der Waals surface area contributed by atoms with Crippen LogP contribution in [0.3, 0.4) is 0 Å². The Morgan fingerprint density at radius 2 is 1.46 bits per heavy atom. The first-order chi connectivity index (χ1) is 11.5. The third kappa shape index (κ3) is 4.05. The lowest BCUT2D eigenvalue weighted by atomic mass is 9.75. The van der Waals surface area contributed by atoms with E-state index in [2.05, 4.69) is 6.92 Å². The highest BCUT2D eigenvalue weighted by Gasteiger charge is 2.46. The van der Waals surface area contributed by atoms with Crippen LogP contribution in [0, 0.1) is 23.7 Å². The number of rotatable bonds is 3. The van der Waals surface area contributed by atoms with Crippen LogP contribution in [0.15, 0.2) is 0 Å². The first-order valence-electron chi connectivity index (χ1n) is 8.86. The number of ether oxygens (including phenoxy) is 3. The van der Waals surface area contributed by atoms with Crippen LogP contribution in [0.1, 0.15) is 32.6 Å². The molecule has 2 saturated heterocycles. The lowest BCUT2D eigenvalue weighted by Gasteiger charge is -2.42. The number of alkyl halides is 4. The molecule has 7 heteroatoms. The van der Waals surface area contributed by atoms with E-state index in [1.807, 2.05) is 0 Å². The van der Waals surface area contributed by atoms with E-state index >= 15 is 0 Å². The number of halogens is 4. The lowest BCUT2D eigenvalue weighted by Crippen LogP contribution is -2.46.